The monoisotopic (exact) mass is 422 g/mol. The van der Waals surface area contributed by atoms with Crippen LogP contribution in [0.4, 0.5) is 5.69 Å². The molecule has 5 nitrogen and oxygen atoms in total. The molecular weight excluding hydrogens is 404 g/mol. The number of carbonyl (C=O) groups is 1. The standard InChI is InChI=1S/C18H19BrN2O3S/c19-16-5-1-2-6-17(16)20-13-18(22)14-7-9-15(10-8-14)25(23,24)21-11-3-4-12-21/h1-2,5-10,20H,3-4,11-13H2. The number of para-hydroxylation sites is 1. The number of ketones is 1. The smallest absolute Gasteiger partial charge is 0.243 e. The summed E-state index contributed by atoms with van der Waals surface area (Å²) in [5.74, 6) is -0.0964. The maximum absolute atomic E-state index is 12.5. The van der Waals surface area contributed by atoms with Crippen LogP contribution in [0.3, 0.4) is 0 Å². The molecule has 0 atom stereocenters. The van der Waals surface area contributed by atoms with E-state index in [0.717, 1.165) is 23.0 Å². The summed E-state index contributed by atoms with van der Waals surface area (Å²) in [6, 6.07) is 13.7. The number of anilines is 1. The number of sulfonamides is 1. The van der Waals surface area contributed by atoms with Crippen LogP contribution in [-0.4, -0.2) is 38.1 Å². The van der Waals surface area contributed by atoms with Crippen molar-refractivity contribution >= 4 is 37.4 Å². The van der Waals surface area contributed by atoms with Crippen LogP contribution in [0.2, 0.25) is 0 Å². The van der Waals surface area contributed by atoms with Crippen LogP contribution in [0.5, 0.6) is 0 Å². The normalized spacial score (nSPS) is 15.2. The number of hydrogen-bond donors (Lipinski definition) is 1. The lowest BCUT2D eigenvalue weighted by Crippen LogP contribution is -2.27. The summed E-state index contributed by atoms with van der Waals surface area (Å²) in [4.78, 5) is 12.5. The fourth-order valence-corrected chi connectivity index (χ4v) is 4.71. The van der Waals surface area contributed by atoms with E-state index < -0.39 is 10.0 Å². The SMILES string of the molecule is O=C(CNc1ccccc1Br)c1ccc(S(=O)(=O)N2CCCC2)cc1. The molecule has 2 aromatic carbocycles. The Morgan fingerprint density at radius 2 is 1.68 bits per heavy atom. The van der Waals surface area contributed by atoms with Gasteiger partial charge in [-0.15, -0.1) is 0 Å². The van der Waals surface area contributed by atoms with Crippen LogP contribution in [0.1, 0.15) is 23.2 Å². The van der Waals surface area contributed by atoms with E-state index in [1.54, 1.807) is 12.1 Å². The third kappa shape index (κ3) is 4.11. The van der Waals surface area contributed by atoms with Crippen LogP contribution in [0.25, 0.3) is 0 Å². The third-order valence-corrected chi connectivity index (χ3v) is 6.80. The van der Waals surface area contributed by atoms with Crippen LogP contribution in [-0.2, 0) is 10.0 Å². The Hall–Kier alpha value is -1.70. The van der Waals surface area contributed by atoms with Crippen LogP contribution < -0.4 is 5.32 Å². The maximum Gasteiger partial charge on any atom is 0.243 e. The van der Waals surface area contributed by atoms with Crippen molar-refractivity contribution in [2.75, 3.05) is 25.0 Å². The quantitative estimate of drug-likeness (QED) is 0.722. The van der Waals surface area contributed by atoms with Gasteiger partial charge in [-0.3, -0.25) is 4.79 Å². The third-order valence-electron chi connectivity index (χ3n) is 4.19. The number of carbonyl (C=O) groups excluding carboxylic acids is 1. The molecule has 3 rings (SSSR count). The zero-order chi connectivity index (χ0) is 17.9. The second-order valence-electron chi connectivity index (χ2n) is 5.89. The van der Waals surface area contributed by atoms with Crippen molar-refractivity contribution in [3.8, 4) is 0 Å². The molecule has 1 fully saturated rings. The second-order valence-corrected chi connectivity index (χ2v) is 8.68. The molecule has 1 aliphatic heterocycles. The fraction of sp³-hybridized carbons (Fsp3) is 0.278. The van der Waals surface area contributed by atoms with E-state index in [-0.39, 0.29) is 17.2 Å². The summed E-state index contributed by atoms with van der Waals surface area (Å²) >= 11 is 3.42. The van der Waals surface area contributed by atoms with E-state index >= 15 is 0 Å². The zero-order valence-electron chi connectivity index (χ0n) is 13.6. The molecule has 0 amide bonds. The van der Waals surface area contributed by atoms with Gasteiger partial charge in [0.15, 0.2) is 5.78 Å². The van der Waals surface area contributed by atoms with Crippen molar-refractivity contribution in [1.29, 1.82) is 0 Å². The maximum atomic E-state index is 12.5. The molecule has 0 spiro atoms. The predicted molar refractivity (Wildman–Crippen MR) is 101 cm³/mol. The number of nitrogens with zero attached hydrogens (tertiary/aromatic N) is 1. The predicted octanol–water partition coefficient (Wildman–Crippen LogP) is 3.53. The van der Waals surface area contributed by atoms with Crippen LogP contribution in [0.15, 0.2) is 57.9 Å². The van der Waals surface area contributed by atoms with Gasteiger partial charge < -0.3 is 5.32 Å². The summed E-state index contributed by atoms with van der Waals surface area (Å²) < 4.78 is 27.4. The lowest BCUT2D eigenvalue weighted by Gasteiger charge is -2.15. The van der Waals surface area contributed by atoms with Crippen LogP contribution in [0, 0.1) is 0 Å². The summed E-state index contributed by atoms with van der Waals surface area (Å²) in [6.45, 7) is 1.28. The van der Waals surface area contributed by atoms with Gasteiger partial charge in [0.1, 0.15) is 0 Å². The molecule has 25 heavy (non-hydrogen) atoms. The second kappa shape index (κ2) is 7.68. The minimum Gasteiger partial charge on any atom is -0.377 e. The van der Waals surface area contributed by atoms with E-state index in [2.05, 4.69) is 21.2 Å². The molecule has 7 heteroatoms. The number of Topliss-reactive ketones (excluding diaryl/α,β-unsaturated/α-hetero) is 1. The highest BCUT2D eigenvalue weighted by Gasteiger charge is 2.27. The first-order chi connectivity index (χ1) is 12.0. The summed E-state index contributed by atoms with van der Waals surface area (Å²) in [6.07, 6.45) is 1.80. The largest absolute Gasteiger partial charge is 0.377 e. The average molecular weight is 423 g/mol. The molecule has 1 aliphatic rings. The summed E-state index contributed by atoms with van der Waals surface area (Å²) in [7, 11) is -3.44. The van der Waals surface area contributed by atoms with Gasteiger partial charge in [0.05, 0.1) is 11.4 Å². The van der Waals surface area contributed by atoms with E-state index in [9.17, 15) is 13.2 Å². The van der Waals surface area contributed by atoms with Crippen LogP contribution >= 0.6 is 15.9 Å². The Labute approximate surface area is 156 Å². The molecule has 0 aliphatic carbocycles. The Kier molecular flexibility index (Phi) is 5.56. The first kappa shape index (κ1) is 18.1. The Morgan fingerprint density at radius 1 is 1.04 bits per heavy atom. The molecule has 0 bridgehead atoms. The van der Waals surface area contributed by atoms with Gasteiger partial charge in [-0.1, -0.05) is 12.1 Å². The van der Waals surface area contributed by atoms with Gasteiger partial charge in [-0.2, -0.15) is 4.31 Å². The molecule has 132 valence electrons. The summed E-state index contributed by atoms with van der Waals surface area (Å²) in [5, 5.41) is 3.08. The lowest BCUT2D eigenvalue weighted by molar-refractivity contribution is 0.101. The van der Waals surface area contributed by atoms with E-state index in [4.69, 9.17) is 0 Å². The van der Waals surface area contributed by atoms with Crippen molar-refractivity contribution in [1.82, 2.24) is 4.31 Å². The zero-order valence-corrected chi connectivity index (χ0v) is 16.0. The van der Waals surface area contributed by atoms with E-state index in [1.165, 1.54) is 16.4 Å². The highest BCUT2D eigenvalue weighted by atomic mass is 79.9. The Bertz CT molecular complexity index is 860. The molecule has 1 N–H and O–H groups in total. The molecule has 1 heterocycles. The van der Waals surface area contributed by atoms with Gasteiger partial charge in [0.2, 0.25) is 10.0 Å². The van der Waals surface area contributed by atoms with Gasteiger partial charge in [0.25, 0.3) is 0 Å². The van der Waals surface area contributed by atoms with Crippen molar-refractivity contribution in [2.45, 2.75) is 17.7 Å². The first-order valence-corrected chi connectivity index (χ1v) is 10.3. The first-order valence-electron chi connectivity index (χ1n) is 8.10. The molecular formula is C18H19BrN2O3S. The fourth-order valence-electron chi connectivity index (χ4n) is 2.77. The highest BCUT2D eigenvalue weighted by molar-refractivity contribution is 9.10. The van der Waals surface area contributed by atoms with Gasteiger partial charge >= 0.3 is 0 Å². The average Bonchev–Trinajstić information content (AvgIpc) is 3.16. The topological polar surface area (TPSA) is 66.5 Å². The number of benzene rings is 2. The molecule has 1 saturated heterocycles. The molecule has 2 aromatic rings. The highest BCUT2D eigenvalue weighted by Crippen LogP contribution is 2.22. The number of hydrogen-bond acceptors (Lipinski definition) is 4. The van der Waals surface area contributed by atoms with Gasteiger partial charge in [0, 0.05) is 28.8 Å². The number of nitrogens with one attached hydrogen (secondary N) is 1. The molecule has 0 unspecified atom stereocenters. The van der Waals surface area contributed by atoms with Crippen molar-refractivity contribution in [3.63, 3.8) is 0 Å². The minimum absolute atomic E-state index is 0.0964. The van der Waals surface area contributed by atoms with Gasteiger partial charge in [-0.25, -0.2) is 8.42 Å². The Morgan fingerprint density at radius 3 is 2.32 bits per heavy atom. The van der Waals surface area contributed by atoms with Crippen molar-refractivity contribution in [2.24, 2.45) is 0 Å². The number of rotatable bonds is 6. The van der Waals surface area contributed by atoms with Crippen molar-refractivity contribution < 1.29 is 13.2 Å². The summed E-state index contributed by atoms with van der Waals surface area (Å²) in [5.41, 5.74) is 1.32. The number of halogens is 1. The molecule has 0 radical (unpaired) electrons. The van der Waals surface area contributed by atoms with E-state index in [1.807, 2.05) is 24.3 Å². The minimum atomic E-state index is -3.44. The Balaban J connectivity index is 1.67. The molecule has 0 saturated carbocycles. The lowest BCUT2D eigenvalue weighted by atomic mass is 10.1. The van der Waals surface area contributed by atoms with Crippen molar-refractivity contribution in [3.05, 3.63) is 58.6 Å². The molecule has 0 aromatic heterocycles. The van der Waals surface area contributed by atoms with Gasteiger partial charge in [-0.05, 0) is 65.2 Å². The van der Waals surface area contributed by atoms with E-state index in [0.29, 0.717) is 18.7 Å².